The van der Waals surface area contributed by atoms with Crippen molar-refractivity contribution >= 4 is 17.5 Å². The van der Waals surface area contributed by atoms with Crippen LogP contribution in [0.3, 0.4) is 0 Å². The summed E-state index contributed by atoms with van der Waals surface area (Å²) in [5, 5.41) is 7.42. The molecule has 1 heterocycles. The number of halogens is 6. The molecule has 164 valence electrons. The van der Waals surface area contributed by atoms with Gasteiger partial charge in [0.15, 0.2) is 0 Å². The quantitative estimate of drug-likeness (QED) is 0.635. The largest absolute Gasteiger partial charge is 0.416 e. The highest BCUT2D eigenvalue weighted by Gasteiger charge is 2.37. The van der Waals surface area contributed by atoms with Gasteiger partial charge in [-0.15, -0.1) is 0 Å². The van der Waals surface area contributed by atoms with Crippen molar-refractivity contribution in [2.24, 2.45) is 0 Å². The fourth-order valence-electron chi connectivity index (χ4n) is 2.92. The fraction of sp³-hybridized carbons (Fsp3) is 0.200. The van der Waals surface area contributed by atoms with Crippen LogP contribution in [-0.2, 0) is 28.5 Å². The Balaban J connectivity index is 1.88. The Morgan fingerprint density at radius 3 is 2.06 bits per heavy atom. The lowest BCUT2D eigenvalue weighted by Crippen LogP contribution is -2.45. The van der Waals surface area contributed by atoms with E-state index in [1.54, 1.807) is 30.3 Å². The van der Waals surface area contributed by atoms with Crippen molar-refractivity contribution in [1.82, 2.24) is 16.0 Å². The molecule has 31 heavy (non-hydrogen) atoms. The Labute approximate surface area is 172 Å². The first-order chi connectivity index (χ1) is 14.4. The lowest BCUT2D eigenvalue weighted by atomic mass is 10.0. The van der Waals surface area contributed by atoms with Gasteiger partial charge in [0.2, 0.25) is 5.91 Å². The molecule has 0 spiro atoms. The maximum Gasteiger partial charge on any atom is 0.416 e. The Hall–Kier alpha value is -3.50. The molecule has 0 saturated heterocycles. The third-order valence-corrected chi connectivity index (χ3v) is 4.33. The molecular weight excluding hydrogens is 428 g/mol. The van der Waals surface area contributed by atoms with E-state index in [2.05, 4.69) is 16.0 Å². The first kappa shape index (κ1) is 22.2. The minimum atomic E-state index is -5.00. The number of benzene rings is 2. The standard InChI is InChI=1S/C20H15F6N3O2/c21-19(22,23)13-6-11(7-14(8-13)20(24,25)26)9-28-18(31)17-16(27-10-15(30)29-17)12-4-2-1-3-5-12/h1-8,27H,9-10H2,(H,28,31)(H,29,30). The topological polar surface area (TPSA) is 70.2 Å². The maximum absolute atomic E-state index is 13.0. The molecule has 5 nitrogen and oxygen atoms in total. The summed E-state index contributed by atoms with van der Waals surface area (Å²) in [6.07, 6.45) is -9.99. The van der Waals surface area contributed by atoms with Gasteiger partial charge in [-0.25, -0.2) is 0 Å². The van der Waals surface area contributed by atoms with E-state index in [9.17, 15) is 35.9 Å². The van der Waals surface area contributed by atoms with E-state index in [1.807, 2.05) is 0 Å². The second-order valence-electron chi connectivity index (χ2n) is 6.61. The van der Waals surface area contributed by atoms with Crippen LogP contribution in [0.1, 0.15) is 22.3 Å². The van der Waals surface area contributed by atoms with Gasteiger partial charge in [-0.1, -0.05) is 30.3 Å². The van der Waals surface area contributed by atoms with Crippen molar-refractivity contribution in [2.45, 2.75) is 18.9 Å². The predicted octanol–water partition coefficient (Wildman–Crippen LogP) is 3.43. The van der Waals surface area contributed by atoms with Crippen LogP contribution in [0, 0.1) is 0 Å². The number of rotatable bonds is 4. The van der Waals surface area contributed by atoms with Crippen LogP contribution in [0.2, 0.25) is 0 Å². The Kier molecular flexibility index (Phi) is 5.96. The van der Waals surface area contributed by atoms with E-state index < -0.39 is 47.4 Å². The molecule has 11 heteroatoms. The smallest absolute Gasteiger partial charge is 0.374 e. The van der Waals surface area contributed by atoms with Gasteiger partial charge in [0.05, 0.1) is 23.4 Å². The highest BCUT2D eigenvalue weighted by Crippen LogP contribution is 2.36. The summed E-state index contributed by atoms with van der Waals surface area (Å²) in [6, 6.07) is 9.50. The van der Waals surface area contributed by atoms with E-state index in [-0.39, 0.29) is 24.0 Å². The molecule has 0 radical (unpaired) electrons. The predicted molar refractivity (Wildman–Crippen MR) is 97.8 cm³/mol. The second kappa shape index (κ2) is 8.32. The monoisotopic (exact) mass is 443 g/mol. The molecule has 2 aromatic carbocycles. The lowest BCUT2D eigenvalue weighted by molar-refractivity contribution is -0.143. The number of carbonyl (C=O) groups is 2. The molecule has 0 saturated carbocycles. The summed E-state index contributed by atoms with van der Waals surface area (Å²) in [5.74, 6) is -1.39. The van der Waals surface area contributed by atoms with Gasteiger partial charge >= 0.3 is 12.4 Å². The van der Waals surface area contributed by atoms with Crippen molar-refractivity contribution in [3.05, 3.63) is 76.5 Å². The molecule has 0 bridgehead atoms. The highest BCUT2D eigenvalue weighted by molar-refractivity contribution is 6.06. The van der Waals surface area contributed by atoms with Crippen molar-refractivity contribution in [3.63, 3.8) is 0 Å². The zero-order valence-corrected chi connectivity index (χ0v) is 15.6. The van der Waals surface area contributed by atoms with Gasteiger partial charge in [-0.3, -0.25) is 9.59 Å². The molecular formula is C20H15F6N3O2. The Morgan fingerprint density at radius 2 is 1.52 bits per heavy atom. The van der Waals surface area contributed by atoms with Gasteiger partial charge < -0.3 is 16.0 Å². The molecule has 0 fully saturated rings. The zero-order valence-electron chi connectivity index (χ0n) is 15.6. The second-order valence-corrected chi connectivity index (χ2v) is 6.61. The summed E-state index contributed by atoms with van der Waals surface area (Å²) in [4.78, 5) is 24.3. The van der Waals surface area contributed by atoms with Gasteiger partial charge in [-0.05, 0) is 29.3 Å². The number of carbonyl (C=O) groups excluding carboxylic acids is 2. The van der Waals surface area contributed by atoms with Crippen LogP contribution in [0.4, 0.5) is 26.3 Å². The van der Waals surface area contributed by atoms with Crippen LogP contribution in [0.5, 0.6) is 0 Å². The molecule has 2 aromatic rings. The normalized spacial score (nSPS) is 14.7. The first-order valence-corrected chi connectivity index (χ1v) is 8.85. The fourth-order valence-corrected chi connectivity index (χ4v) is 2.92. The molecule has 1 aliphatic heterocycles. The Bertz CT molecular complexity index is 997. The van der Waals surface area contributed by atoms with Crippen LogP contribution < -0.4 is 16.0 Å². The number of hydrogen-bond donors (Lipinski definition) is 3. The summed E-state index contributed by atoms with van der Waals surface area (Å²) in [6.45, 7) is -0.725. The van der Waals surface area contributed by atoms with E-state index >= 15 is 0 Å². The van der Waals surface area contributed by atoms with Gasteiger partial charge in [-0.2, -0.15) is 26.3 Å². The van der Waals surface area contributed by atoms with Gasteiger partial charge in [0, 0.05) is 6.54 Å². The summed E-state index contributed by atoms with van der Waals surface area (Å²) in [5.41, 5.74) is -2.71. The SMILES string of the molecule is O=C1CNC(c2ccccc2)=C(C(=O)NCc2cc(C(F)(F)F)cc(C(F)(F)F)c2)N1. The average molecular weight is 443 g/mol. The molecule has 0 aromatic heterocycles. The average Bonchev–Trinajstić information content (AvgIpc) is 2.71. The highest BCUT2D eigenvalue weighted by atomic mass is 19.4. The van der Waals surface area contributed by atoms with Crippen molar-refractivity contribution in [3.8, 4) is 0 Å². The minimum Gasteiger partial charge on any atom is -0.374 e. The van der Waals surface area contributed by atoms with Crippen molar-refractivity contribution in [1.29, 1.82) is 0 Å². The van der Waals surface area contributed by atoms with Crippen molar-refractivity contribution < 1.29 is 35.9 Å². The van der Waals surface area contributed by atoms with E-state index in [1.165, 1.54) is 0 Å². The molecule has 0 unspecified atom stereocenters. The molecule has 2 amide bonds. The van der Waals surface area contributed by atoms with Gasteiger partial charge in [0.1, 0.15) is 5.70 Å². The summed E-state index contributed by atoms with van der Waals surface area (Å²) < 4.78 is 77.9. The van der Waals surface area contributed by atoms with Crippen LogP contribution in [0.25, 0.3) is 5.70 Å². The molecule has 3 N–H and O–H groups in total. The third kappa shape index (κ3) is 5.36. The molecule has 0 atom stereocenters. The zero-order chi connectivity index (χ0) is 22.8. The number of alkyl halides is 6. The maximum atomic E-state index is 13.0. The molecule has 3 rings (SSSR count). The summed E-state index contributed by atoms with van der Waals surface area (Å²) >= 11 is 0. The van der Waals surface area contributed by atoms with E-state index in [4.69, 9.17) is 0 Å². The molecule has 0 aliphatic carbocycles. The lowest BCUT2D eigenvalue weighted by Gasteiger charge is -2.22. The van der Waals surface area contributed by atoms with Crippen molar-refractivity contribution in [2.75, 3.05) is 6.54 Å². The van der Waals surface area contributed by atoms with E-state index in [0.29, 0.717) is 17.7 Å². The Morgan fingerprint density at radius 1 is 0.935 bits per heavy atom. The minimum absolute atomic E-state index is 0.00658. The number of hydrogen-bond acceptors (Lipinski definition) is 3. The van der Waals surface area contributed by atoms with E-state index in [0.717, 1.165) is 0 Å². The molecule has 1 aliphatic rings. The number of amides is 2. The van der Waals surface area contributed by atoms with Gasteiger partial charge in [0.25, 0.3) is 5.91 Å². The van der Waals surface area contributed by atoms with Crippen LogP contribution >= 0.6 is 0 Å². The van der Waals surface area contributed by atoms with Crippen LogP contribution in [0.15, 0.2) is 54.2 Å². The van der Waals surface area contributed by atoms with Crippen LogP contribution in [-0.4, -0.2) is 18.4 Å². The number of nitrogens with one attached hydrogen (secondary N) is 3. The first-order valence-electron chi connectivity index (χ1n) is 8.85. The third-order valence-electron chi connectivity index (χ3n) is 4.33. The summed E-state index contributed by atoms with van der Waals surface area (Å²) in [7, 11) is 0.